The van der Waals surface area contributed by atoms with Crippen molar-refractivity contribution >= 4 is 18.6 Å². The molecule has 0 amide bonds. The van der Waals surface area contributed by atoms with Crippen molar-refractivity contribution in [3.8, 4) is 0 Å². The molecule has 14 heavy (non-hydrogen) atoms. The van der Waals surface area contributed by atoms with Crippen LogP contribution in [0.1, 0.15) is 25.7 Å². The Labute approximate surface area is 84.2 Å². The largest absolute Gasteiger partial charge is 0.616 e. The summed E-state index contributed by atoms with van der Waals surface area (Å²) in [4.78, 5) is 0. The number of alkyl halides is 2. The van der Waals surface area contributed by atoms with Crippen molar-refractivity contribution in [1.82, 2.24) is 0 Å². The summed E-state index contributed by atoms with van der Waals surface area (Å²) < 4.78 is 58.7. The maximum Gasteiger partial charge on any atom is 0.616 e. The fourth-order valence-electron chi connectivity index (χ4n) is 1.15. The lowest BCUT2D eigenvalue weighted by atomic mass is 10.2. The molecule has 0 aliphatic heterocycles. The van der Waals surface area contributed by atoms with Gasteiger partial charge in [-0.2, -0.15) is 0 Å². The first kappa shape index (κ1) is 14.1. The fourth-order valence-corrected chi connectivity index (χ4v) is 2.76. The van der Waals surface area contributed by atoms with Crippen molar-refractivity contribution in [2.24, 2.45) is 0 Å². The Hall–Kier alpha value is 0.0838. The molecule has 0 spiro atoms. The standard InChI is InChI=1S/C7H15F5Si2/c8-7(9)13-5-3-1-2-4-6-14(10,11)12/h7H,1-6,13H2. The number of hydrogen-bond donors (Lipinski definition) is 0. The van der Waals surface area contributed by atoms with Crippen molar-refractivity contribution in [3.63, 3.8) is 0 Å². The number of halogens is 5. The minimum Gasteiger partial charge on any atom is -0.238 e. The van der Waals surface area contributed by atoms with Crippen LogP contribution in [-0.2, 0) is 0 Å². The van der Waals surface area contributed by atoms with Crippen molar-refractivity contribution in [3.05, 3.63) is 0 Å². The van der Waals surface area contributed by atoms with Gasteiger partial charge in [0.25, 0.3) is 0 Å². The maximum atomic E-state index is 11.8. The lowest BCUT2D eigenvalue weighted by molar-refractivity contribution is 0.237. The molecule has 0 aliphatic rings. The molecule has 0 aromatic rings. The average Bonchev–Trinajstić information content (AvgIpc) is 2.00. The van der Waals surface area contributed by atoms with E-state index in [1.54, 1.807) is 0 Å². The van der Waals surface area contributed by atoms with Crippen molar-refractivity contribution in [2.45, 2.75) is 43.8 Å². The third-order valence-corrected chi connectivity index (χ3v) is 4.15. The van der Waals surface area contributed by atoms with E-state index in [4.69, 9.17) is 0 Å². The van der Waals surface area contributed by atoms with Gasteiger partial charge in [-0.05, 0) is 6.42 Å². The van der Waals surface area contributed by atoms with E-state index in [0.29, 0.717) is 25.3 Å². The summed E-state index contributed by atoms with van der Waals surface area (Å²) in [6.07, 6.45) is 2.07. The molecule has 0 aliphatic carbocycles. The van der Waals surface area contributed by atoms with Crippen molar-refractivity contribution < 1.29 is 21.1 Å². The van der Waals surface area contributed by atoms with Crippen LogP contribution in [0.15, 0.2) is 0 Å². The minimum absolute atomic E-state index is 0.186. The Bertz CT molecular complexity index is 137. The normalized spacial score (nSPS) is 13.3. The zero-order valence-electron chi connectivity index (χ0n) is 7.92. The molecule has 0 saturated carbocycles. The van der Waals surface area contributed by atoms with Gasteiger partial charge in [0.2, 0.25) is 6.05 Å². The Morgan fingerprint density at radius 3 is 2.00 bits per heavy atom. The summed E-state index contributed by atoms with van der Waals surface area (Å²) in [5.41, 5.74) is 0. The summed E-state index contributed by atoms with van der Waals surface area (Å²) >= 11 is 0. The Balaban J connectivity index is 3.07. The molecule has 0 saturated heterocycles. The van der Waals surface area contributed by atoms with Crippen LogP contribution in [0.3, 0.4) is 0 Å². The molecular formula is C7H15F5Si2. The van der Waals surface area contributed by atoms with E-state index >= 15 is 0 Å². The predicted molar refractivity (Wildman–Crippen MR) is 51.7 cm³/mol. The van der Waals surface area contributed by atoms with Gasteiger partial charge < -0.3 is 0 Å². The highest BCUT2D eigenvalue weighted by Gasteiger charge is 2.35. The first-order valence-corrected chi connectivity index (χ1v) is 8.42. The molecule has 0 nitrogen and oxygen atoms in total. The van der Waals surface area contributed by atoms with Crippen LogP contribution in [0.4, 0.5) is 21.1 Å². The quantitative estimate of drug-likeness (QED) is 0.268. The molecule has 7 heteroatoms. The van der Waals surface area contributed by atoms with Gasteiger partial charge in [0.1, 0.15) is 9.52 Å². The van der Waals surface area contributed by atoms with Gasteiger partial charge in [-0.3, -0.25) is 0 Å². The number of unbranched alkanes of at least 4 members (excludes halogenated alkanes) is 3. The van der Waals surface area contributed by atoms with Crippen LogP contribution in [0, 0.1) is 0 Å². The van der Waals surface area contributed by atoms with E-state index in [1.165, 1.54) is 0 Å². The lowest BCUT2D eigenvalue weighted by Crippen LogP contribution is -2.13. The fraction of sp³-hybridized carbons (Fsp3) is 1.00. The second-order valence-electron chi connectivity index (χ2n) is 3.31. The molecule has 0 N–H and O–H groups in total. The van der Waals surface area contributed by atoms with E-state index < -0.39 is 30.7 Å². The Morgan fingerprint density at radius 1 is 0.929 bits per heavy atom. The van der Waals surface area contributed by atoms with Gasteiger partial charge in [-0.25, -0.2) is 21.1 Å². The predicted octanol–water partition coefficient (Wildman–Crippen LogP) is 3.20. The molecule has 0 bridgehead atoms. The van der Waals surface area contributed by atoms with Gasteiger partial charge in [0, 0.05) is 6.04 Å². The van der Waals surface area contributed by atoms with Crippen LogP contribution in [0.2, 0.25) is 12.1 Å². The van der Waals surface area contributed by atoms with E-state index in [2.05, 4.69) is 0 Å². The monoisotopic (exact) mass is 250 g/mol. The topological polar surface area (TPSA) is 0 Å². The highest BCUT2D eigenvalue weighted by atomic mass is 28.5. The van der Waals surface area contributed by atoms with E-state index in [0.717, 1.165) is 0 Å². The molecule has 0 atom stereocenters. The minimum atomic E-state index is -5.35. The third kappa shape index (κ3) is 12.1. The van der Waals surface area contributed by atoms with Crippen LogP contribution >= 0.6 is 0 Å². The maximum absolute atomic E-state index is 11.8. The van der Waals surface area contributed by atoms with Crippen LogP contribution < -0.4 is 0 Å². The molecule has 0 heterocycles. The van der Waals surface area contributed by atoms with Gasteiger partial charge in [0.05, 0.1) is 0 Å². The van der Waals surface area contributed by atoms with Gasteiger partial charge >= 0.3 is 9.08 Å². The zero-order valence-corrected chi connectivity index (χ0v) is 10.3. The average molecular weight is 250 g/mol. The Morgan fingerprint density at radius 2 is 1.50 bits per heavy atom. The second kappa shape index (κ2) is 7.39. The summed E-state index contributed by atoms with van der Waals surface area (Å²) in [6, 6.07) is -2.20. The third-order valence-electron chi connectivity index (χ3n) is 1.88. The molecule has 86 valence electrons. The highest BCUT2D eigenvalue weighted by Crippen LogP contribution is 2.19. The molecule has 0 radical (unpaired) electrons. The van der Waals surface area contributed by atoms with Gasteiger partial charge in [-0.1, -0.05) is 25.3 Å². The molecule has 0 aromatic heterocycles. The summed E-state index contributed by atoms with van der Waals surface area (Å²) in [5, 5.41) is 0. The molecular weight excluding hydrogens is 235 g/mol. The molecule has 0 fully saturated rings. The Kier molecular flexibility index (Phi) is 7.43. The highest BCUT2D eigenvalue weighted by molar-refractivity contribution is 6.58. The molecule has 0 rings (SSSR count). The molecule has 0 unspecified atom stereocenters. The SMILES string of the molecule is FC(F)[SiH2]CCCCCC[Si](F)(F)F. The van der Waals surface area contributed by atoms with Gasteiger partial charge in [0.15, 0.2) is 0 Å². The smallest absolute Gasteiger partial charge is 0.238 e. The second-order valence-corrected chi connectivity index (χ2v) is 6.94. The van der Waals surface area contributed by atoms with Gasteiger partial charge in [-0.15, -0.1) is 0 Å². The van der Waals surface area contributed by atoms with E-state index in [-0.39, 0.29) is 6.42 Å². The zero-order chi connectivity index (χ0) is 11.0. The van der Waals surface area contributed by atoms with Crippen molar-refractivity contribution in [1.29, 1.82) is 0 Å². The van der Waals surface area contributed by atoms with E-state index in [1.807, 2.05) is 0 Å². The first-order chi connectivity index (χ1) is 6.42. The van der Waals surface area contributed by atoms with Crippen LogP contribution in [0.25, 0.3) is 0 Å². The van der Waals surface area contributed by atoms with Crippen molar-refractivity contribution in [2.75, 3.05) is 0 Å². The van der Waals surface area contributed by atoms with Crippen LogP contribution in [0.5, 0.6) is 0 Å². The number of hydrogen-bond acceptors (Lipinski definition) is 0. The molecule has 0 aromatic carbocycles. The van der Waals surface area contributed by atoms with E-state index in [9.17, 15) is 21.1 Å². The summed E-state index contributed by atoms with van der Waals surface area (Å²) in [5.74, 6) is 0. The lowest BCUT2D eigenvalue weighted by Gasteiger charge is -2.02. The number of rotatable bonds is 8. The van der Waals surface area contributed by atoms with Crippen LogP contribution in [-0.4, -0.2) is 24.6 Å². The summed E-state index contributed by atoms with van der Waals surface area (Å²) in [7, 11) is -6.62. The first-order valence-electron chi connectivity index (χ1n) is 4.77. The summed E-state index contributed by atoms with van der Waals surface area (Å²) in [6.45, 7) is 0.